The lowest BCUT2D eigenvalue weighted by Crippen LogP contribution is -2.26. The van der Waals surface area contributed by atoms with Crippen molar-refractivity contribution in [3.8, 4) is 0 Å². The van der Waals surface area contributed by atoms with Gasteiger partial charge in [-0.1, -0.05) is 36.9 Å². The lowest BCUT2D eigenvalue weighted by molar-refractivity contribution is -0.138. The first kappa shape index (κ1) is 27.7. The Labute approximate surface area is 193 Å². The van der Waals surface area contributed by atoms with E-state index in [1.54, 1.807) is 6.08 Å². The fourth-order valence-corrected chi connectivity index (χ4v) is 2.36. The number of esters is 1. The number of amides is 2. The second kappa shape index (κ2) is 18.2. The van der Waals surface area contributed by atoms with Gasteiger partial charge in [-0.3, -0.25) is 0 Å². The molecule has 10 heteroatoms. The molecule has 0 aliphatic heterocycles. The third kappa shape index (κ3) is 15.1. The summed E-state index contributed by atoms with van der Waals surface area (Å²) >= 11 is 0. The number of unbranched alkanes of at least 4 members (excludes halogenated alkanes) is 1. The van der Waals surface area contributed by atoms with Gasteiger partial charge >= 0.3 is 18.2 Å². The van der Waals surface area contributed by atoms with Gasteiger partial charge in [-0.15, -0.1) is 6.58 Å². The number of hydrogen-bond donors (Lipinski definition) is 2. The van der Waals surface area contributed by atoms with Crippen LogP contribution in [0.1, 0.15) is 24.0 Å². The van der Waals surface area contributed by atoms with Crippen LogP contribution in [0.2, 0.25) is 0 Å². The van der Waals surface area contributed by atoms with Gasteiger partial charge in [0.1, 0.15) is 20.0 Å². The first-order valence-electron chi connectivity index (χ1n) is 10.5. The van der Waals surface area contributed by atoms with Crippen molar-refractivity contribution in [2.45, 2.75) is 25.9 Å². The Morgan fingerprint density at radius 3 is 2.06 bits per heavy atom. The van der Waals surface area contributed by atoms with Gasteiger partial charge in [0.2, 0.25) is 0 Å². The fourth-order valence-electron chi connectivity index (χ4n) is 2.36. The molecule has 2 amide bonds. The molecular weight excluding hydrogens is 432 g/mol. The van der Waals surface area contributed by atoms with Crippen molar-refractivity contribution in [2.24, 2.45) is 0 Å². The van der Waals surface area contributed by atoms with Crippen molar-refractivity contribution < 1.29 is 38.1 Å². The highest BCUT2D eigenvalue weighted by Gasteiger charge is 2.05. The van der Waals surface area contributed by atoms with Crippen LogP contribution >= 0.6 is 0 Å². The van der Waals surface area contributed by atoms with E-state index in [2.05, 4.69) is 23.8 Å². The van der Waals surface area contributed by atoms with Crippen molar-refractivity contribution in [1.82, 2.24) is 10.6 Å². The van der Waals surface area contributed by atoms with Crippen LogP contribution in [0.25, 0.3) is 0 Å². The summed E-state index contributed by atoms with van der Waals surface area (Å²) in [5.41, 5.74) is 1.68. The second-order valence-electron chi connectivity index (χ2n) is 6.56. The quantitative estimate of drug-likeness (QED) is 0.0902. The average Bonchev–Trinajstić information content (AvgIpc) is 2.83. The largest absolute Gasteiger partial charge is 0.459 e. The summed E-state index contributed by atoms with van der Waals surface area (Å²) in [5.74, 6) is -0.580. The Morgan fingerprint density at radius 1 is 0.818 bits per heavy atom. The molecule has 0 fully saturated rings. The van der Waals surface area contributed by atoms with E-state index in [0.29, 0.717) is 26.2 Å². The van der Waals surface area contributed by atoms with Crippen LogP contribution in [-0.2, 0) is 41.6 Å². The molecule has 1 aromatic rings. The van der Waals surface area contributed by atoms with E-state index in [-0.39, 0.29) is 33.1 Å². The lowest BCUT2D eigenvalue weighted by Gasteiger charge is -2.10. The minimum atomic E-state index is -0.633. The van der Waals surface area contributed by atoms with Crippen molar-refractivity contribution in [2.75, 3.05) is 39.8 Å². The number of alkyl carbamates (subject to hydrolysis) is 2. The summed E-state index contributed by atoms with van der Waals surface area (Å²) in [5, 5.41) is 5.28. The predicted octanol–water partition coefficient (Wildman–Crippen LogP) is 2.83. The molecule has 0 unspecified atom stereocenters. The molecular formula is C23H32N2O8. The van der Waals surface area contributed by atoms with Gasteiger partial charge < -0.3 is 34.3 Å². The third-order valence-electron chi connectivity index (χ3n) is 3.91. The average molecular weight is 465 g/mol. The molecule has 10 nitrogen and oxygen atoms in total. The van der Waals surface area contributed by atoms with Crippen molar-refractivity contribution >= 4 is 18.2 Å². The SMILES string of the molecule is C=CCOCOCCCCOC(=O)NCc1cccc(CNC(=O)OCCOC(=O)C=C)c1. The van der Waals surface area contributed by atoms with Crippen LogP contribution in [-0.4, -0.2) is 58.0 Å². The van der Waals surface area contributed by atoms with Gasteiger partial charge in [0.25, 0.3) is 0 Å². The van der Waals surface area contributed by atoms with E-state index < -0.39 is 18.2 Å². The highest BCUT2D eigenvalue weighted by Crippen LogP contribution is 2.05. The molecule has 0 heterocycles. The third-order valence-corrected chi connectivity index (χ3v) is 3.91. The van der Waals surface area contributed by atoms with Crippen LogP contribution in [0.5, 0.6) is 0 Å². The second-order valence-corrected chi connectivity index (χ2v) is 6.56. The molecule has 1 aromatic carbocycles. The number of ether oxygens (including phenoxy) is 5. The topological polar surface area (TPSA) is 121 Å². The zero-order valence-electron chi connectivity index (χ0n) is 18.7. The Morgan fingerprint density at radius 2 is 1.42 bits per heavy atom. The van der Waals surface area contributed by atoms with E-state index >= 15 is 0 Å². The Kier molecular flexibility index (Phi) is 15.3. The van der Waals surface area contributed by atoms with E-state index in [9.17, 15) is 14.4 Å². The summed E-state index contributed by atoms with van der Waals surface area (Å²) in [6.45, 7) is 8.71. The van der Waals surface area contributed by atoms with E-state index in [1.165, 1.54) is 0 Å². The summed E-state index contributed by atoms with van der Waals surface area (Å²) in [6.07, 6.45) is 2.98. The number of carbonyl (C=O) groups is 3. The van der Waals surface area contributed by atoms with Crippen molar-refractivity contribution in [3.05, 3.63) is 60.7 Å². The van der Waals surface area contributed by atoms with Gasteiger partial charge in [0.15, 0.2) is 0 Å². The zero-order valence-corrected chi connectivity index (χ0v) is 18.7. The molecule has 0 aromatic heterocycles. The van der Waals surface area contributed by atoms with Crippen LogP contribution in [0, 0.1) is 0 Å². The molecule has 0 radical (unpaired) electrons. The molecule has 0 spiro atoms. The first-order chi connectivity index (χ1) is 16.0. The van der Waals surface area contributed by atoms with Crippen LogP contribution < -0.4 is 10.6 Å². The van der Waals surface area contributed by atoms with Crippen LogP contribution in [0.15, 0.2) is 49.6 Å². The molecule has 0 bridgehead atoms. The minimum Gasteiger partial charge on any atom is -0.459 e. The van der Waals surface area contributed by atoms with E-state index in [1.807, 2.05) is 24.3 Å². The van der Waals surface area contributed by atoms with Crippen LogP contribution in [0.3, 0.4) is 0 Å². The number of carbonyl (C=O) groups excluding carboxylic acids is 3. The summed E-state index contributed by atoms with van der Waals surface area (Å²) in [4.78, 5) is 34.4. The highest BCUT2D eigenvalue weighted by atomic mass is 16.7. The zero-order chi connectivity index (χ0) is 24.2. The van der Waals surface area contributed by atoms with Gasteiger partial charge in [0, 0.05) is 25.8 Å². The summed E-state index contributed by atoms with van der Waals surface area (Å²) in [7, 11) is 0. The minimum absolute atomic E-state index is 0.0473. The highest BCUT2D eigenvalue weighted by molar-refractivity contribution is 5.81. The molecule has 2 N–H and O–H groups in total. The predicted molar refractivity (Wildman–Crippen MR) is 120 cm³/mol. The Bertz CT molecular complexity index is 754. The fraction of sp³-hybridized carbons (Fsp3) is 0.435. The monoisotopic (exact) mass is 464 g/mol. The number of rotatable bonds is 17. The van der Waals surface area contributed by atoms with Crippen molar-refractivity contribution in [3.63, 3.8) is 0 Å². The van der Waals surface area contributed by atoms with Gasteiger partial charge in [-0.05, 0) is 24.0 Å². The molecule has 33 heavy (non-hydrogen) atoms. The first-order valence-corrected chi connectivity index (χ1v) is 10.5. The normalized spacial score (nSPS) is 10.1. The maximum Gasteiger partial charge on any atom is 0.407 e. The van der Waals surface area contributed by atoms with Crippen molar-refractivity contribution in [1.29, 1.82) is 0 Å². The number of nitrogens with one attached hydrogen (secondary N) is 2. The number of benzene rings is 1. The maximum absolute atomic E-state index is 11.8. The smallest absolute Gasteiger partial charge is 0.407 e. The Hall–Kier alpha value is -3.37. The van der Waals surface area contributed by atoms with Gasteiger partial charge in [0.05, 0.1) is 13.2 Å². The summed E-state index contributed by atoms with van der Waals surface area (Å²) < 4.78 is 25.1. The van der Waals surface area contributed by atoms with E-state index in [0.717, 1.165) is 23.6 Å². The summed E-state index contributed by atoms with van der Waals surface area (Å²) in [6, 6.07) is 7.34. The molecule has 0 aliphatic carbocycles. The molecule has 0 saturated carbocycles. The number of hydrogen-bond acceptors (Lipinski definition) is 8. The molecule has 0 aliphatic rings. The van der Waals surface area contributed by atoms with Gasteiger partial charge in [-0.2, -0.15) is 0 Å². The molecule has 182 valence electrons. The molecule has 1 rings (SSSR count). The van der Waals surface area contributed by atoms with Gasteiger partial charge in [-0.25, -0.2) is 14.4 Å². The maximum atomic E-state index is 11.8. The standard InChI is InChI=1S/C23H32N2O8/c1-3-10-29-18-30-11-5-6-12-32-22(27)24-16-19-8-7-9-20(15-19)17-25-23(28)33-14-13-31-21(26)4-2/h3-4,7-9,15H,1-2,5-6,10-14,16-18H2,(H,24,27)(H,25,28). The molecule has 0 atom stereocenters. The Balaban J connectivity index is 2.15. The van der Waals surface area contributed by atoms with E-state index in [4.69, 9.17) is 23.7 Å². The lowest BCUT2D eigenvalue weighted by atomic mass is 10.1. The van der Waals surface area contributed by atoms with Crippen LogP contribution in [0.4, 0.5) is 9.59 Å². The molecule has 0 saturated heterocycles.